The number of hydrogen-bond acceptors (Lipinski definition) is 5. The molecule has 0 spiro atoms. The van der Waals surface area contributed by atoms with E-state index in [-0.39, 0.29) is 6.10 Å². The second kappa shape index (κ2) is 6.45. The summed E-state index contributed by atoms with van der Waals surface area (Å²) >= 11 is 5.23. The van der Waals surface area contributed by atoms with Crippen LogP contribution in [0, 0.1) is 0 Å². The maximum absolute atomic E-state index is 9.84. The Morgan fingerprint density at radius 2 is 2.15 bits per heavy atom. The Morgan fingerprint density at radius 3 is 2.70 bits per heavy atom. The highest BCUT2D eigenvalue weighted by molar-refractivity contribution is 7.80. The minimum Gasteiger partial charge on any atom is -0.391 e. The molecule has 0 saturated carbocycles. The van der Waals surface area contributed by atoms with Crippen LogP contribution < -0.4 is 10.6 Å². The van der Waals surface area contributed by atoms with Crippen molar-refractivity contribution in [1.29, 1.82) is 0 Å². The number of aliphatic hydroxyl groups excluding tert-OH is 1. The molecule has 3 N–H and O–H groups in total. The minimum atomic E-state index is -0.319. The number of thiocarbonyl (C=S) groups is 1. The number of aryl methyl sites for hydroxylation is 1. The molecule has 0 radical (unpaired) electrons. The largest absolute Gasteiger partial charge is 0.391 e. The number of β-amino-alcohol motifs (C(OH)–C–C–N with tert-alkyl or cyclic N) is 1. The number of piperidine rings is 1. The van der Waals surface area contributed by atoms with Crippen LogP contribution in [0.3, 0.4) is 0 Å². The van der Waals surface area contributed by atoms with Gasteiger partial charge in [-0.3, -0.25) is 0 Å². The number of rotatable bonds is 4. The van der Waals surface area contributed by atoms with Gasteiger partial charge in [-0.1, -0.05) is 26.1 Å². The molecule has 1 saturated heterocycles. The zero-order valence-electron chi connectivity index (χ0n) is 12.1. The van der Waals surface area contributed by atoms with Gasteiger partial charge in [-0.15, -0.1) is 5.10 Å². The number of aliphatic hydroxyl groups is 1. The second-order valence-corrected chi connectivity index (χ2v) is 5.58. The normalized spacial score (nSPS) is 19.1. The van der Waals surface area contributed by atoms with Crippen LogP contribution in [-0.2, 0) is 12.8 Å². The Hall–Kier alpha value is -1.27. The fourth-order valence-corrected chi connectivity index (χ4v) is 3.00. The van der Waals surface area contributed by atoms with Crippen LogP contribution in [0.15, 0.2) is 0 Å². The fourth-order valence-electron chi connectivity index (χ4n) is 2.79. The molecular weight excluding hydrogens is 272 g/mol. The highest BCUT2D eigenvalue weighted by Gasteiger charge is 2.25. The monoisotopic (exact) mass is 294 g/mol. The summed E-state index contributed by atoms with van der Waals surface area (Å²) in [6, 6.07) is 0. The third-order valence-electron chi connectivity index (χ3n) is 3.77. The van der Waals surface area contributed by atoms with E-state index in [4.69, 9.17) is 18.0 Å². The number of anilines is 1. The average molecular weight is 294 g/mol. The Labute approximate surface area is 125 Å². The molecule has 1 fully saturated rings. The van der Waals surface area contributed by atoms with Gasteiger partial charge in [-0.05, 0) is 31.2 Å². The maximum Gasteiger partial charge on any atom is 0.161 e. The van der Waals surface area contributed by atoms with Crippen molar-refractivity contribution in [3.8, 4) is 0 Å². The van der Waals surface area contributed by atoms with E-state index in [2.05, 4.69) is 24.0 Å². The first-order chi connectivity index (χ1) is 9.58. The van der Waals surface area contributed by atoms with Crippen molar-refractivity contribution >= 4 is 23.0 Å². The van der Waals surface area contributed by atoms with Gasteiger partial charge >= 0.3 is 0 Å². The SMILES string of the molecule is CCc1nnc(N2CCCC(O)C2)c(C(N)=S)c1CC. The molecule has 6 heteroatoms. The predicted molar refractivity (Wildman–Crippen MR) is 84.1 cm³/mol. The summed E-state index contributed by atoms with van der Waals surface area (Å²) in [4.78, 5) is 2.41. The van der Waals surface area contributed by atoms with Crippen LogP contribution in [-0.4, -0.2) is 39.5 Å². The van der Waals surface area contributed by atoms with Gasteiger partial charge in [-0.2, -0.15) is 5.10 Å². The predicted octanol–water partition coefficient (Wildman–Crippen LogP) is 1.20. The lowest BCUT2D eigenvalue weighted by atomic mass is 10.0. The lowest BCUT2D eigenvalue weighted by Crippen LogP contribution is -2.40. The molecule has 0 aliphatic carbocycles. The topological polar surface area (TPSA) is 75.3 Å². The minimum absolute atomic E-state index is 0.319. The molecule has 0 aromatic carbocycles. The highest BCUT2D eigenvalue weighted by Crippen LogP contribution is 2.26. The summed E-state index contributed by atoms with van der Waals surface area (Å²) in [5.41, 5.74) is 8.81. The van der Waals surface area contributed by atoms with Gasteiger partial charge < -0.3 is 15.7 Å². The molecule has 1 aliphatic rings. The van der Waals surface area contributed by atoms with Crippen molar-refractivity contribution < 1.29 is 5.11 Å². The van der Waals surface area contributed by atoms with Gasteiger partial charge in [0.15, 0.2) is 5.82 Å². The van der Waals surface area contributed by atoms with Crippen LogP contribution in [0.1, 0.15) is 43.5 Å². The van der Waals surface area contributed by atoms with Crippen molar-refractivity contribution in [2.45, 2.75) is 45.6 Å². The number of aromatic nitrogens is 2. The first-order valence-corrected chi connectivity index (χ1v) is 7.60. The van der Waals surface area contributed by atoms with E-state index in [0.717, 1.165) is 54.9 Å². The Balaban J connectivity index is 2.49. The van der Waals surface area contributed by atoms with Crippen LogP contribution in [0.2, 0.25) is 0 Å². The Bertz CT molecular complexity index is 506. The van der Waals surface area contributed by atoms with Gasteiger partial charge in [-0.25, -0.2) is 0 Å². The third kappa shape index (κ3) is 2.91. The first kappa shape index (κ1) is 15.1. The Kier molecular flexibility index (Phi) is 4.88. The van der Waals surface area contributed by atoms with Crippen molar-refractivity contribution in [1.82, 2.24) is 10.2 Å². The van der Waals surface area contributed by atoms with Crippen molar-refractivity contribution in [2.24, 2.45) is 5.73 Å². The molecule has 0 bridgehead atoms. The molecule has 20 heavy (non-hydrogen) atoms. The standard InChI is InChI=1S/C14H22N4OS/c1-3-10-11(4-2)16-17-14(12(10)13(15)20)18-7-5-6-9(19)8-18/h9,19H,3-8H2,1-2H3,(H2,15,20). The molecule has 1 aromatic heterocycles. The molecule has 1 unspecified atom stereocenters. The number of nitrogens with zero attached hydrogens (tertiary/aromatic N) is 3. The van der Waals surface area contributed by atoms with E-state index in [0.29, 0.717) is 11.5 Å². The van der Waals surface area contributed by atoms with Crippen molar-refractivity contribution in [3.63, 3.8) is 0 Å². The summed E-state index contributed by atoms with van der Waals surface area (Å²) in [5, 5.41) is 18.5. The van der Waals surface area contributed by atoms with E-state index in [1.165, 1.54) is 0 Å². The smallest absolute Gasteiger partial charge is 0.161 e. The van der Waals surface area contributed by atoms with Gasteiger partial charge in [0, 0.05) is 13.1 Å². The number of hydrogen-bond donors (Lipinski definition) is 2. The highest BCUT2D eigenvalue weighted by atomic mass is 32.1. The Morgan fingerprint density at radius 1 is 1.40 bits per heavy atom. The van der Waals surface area contributed by atoms with Gasteiger partial charge in [0.2, 0.25) is 0 Å². The molecule has 110 valence electrons. The average Bonchev–Trinajstić information content (AvgIpc) is 2.45. The van der Waals surface area contributed by atoms with E-state index < -0.39 is 0 Å². The van der Waals surface area contributed by atoms with Crippen LogP contribution in [0.4, 0.5) is 5.82 Å². The molecule has 2 heterocycles. The molecule has 5 nitrogen and oxygen atoms in total. The van der Waals surface area contributed by atoms with E-state index in [1.54, 1.807) is 0 Å². The lowest BCUT2D eigenvalue weighted by molar-refractivity contribution is 0.153. The van der Waals surface area contributed by atoms with Crippen LogP contribution >= 0.6 is 12.2 Å². The summed E-state index contributed by atoms with van der Waals surface area (Å²) in [7, 11) is 0. The van der Waals surface area contributed by atoms with Crippen molar-refractivity contribution in [3.05, 3.63) is 16.8 Å². The van der Waals surface area contributed by atoms with Crippen molar-refractivity contribution in [2.75, 3.05) is 18.0 Å². The van der Waals surface area contributed by atoms with Gasteiger partial charge in [0.1, 0.15) is 4.99 Å². The first-order valence-electron chi connectivity index (χ1n) is 7.19. The molecule has 0 amide bonds. The summed E-state index contributed by atoms with van der Waals surface area (Å²) in [5.74, 6) is 0.727. The molecular formula is C14H22N4OS. The zero-order chi connectivity index (χ0) is 14.7. The summed E-state index contributed by atoms with van der Waals surface area (Å²) in [6.07, 6.45) is 3.10. The summed E-state index contributed by atoms with van der Waals surface area (Å²) in [6.45, 7) is 5.55. The molecule has 1 aliphatic heterocycles. The summed E-state index contributed by atoms with van der Waals surface area (Å²) < 4.78 is 0. The zero-order valence-corrected chi connectivity index (χ0v) is 12.9. The van der Waals surface area contributed by atoms with E-state index >= 15 is 0 Å². The van der Waals surface area contributed by atoms with E-state index in [9.17, 15) is 5.11 Å². The second-order valence-electron chi connectivity index (χ2n) is 5.14. The molecule has 1 aromatic rings. The fraction of sp³-hybridized carbons (Fsp3) is 0.643. The van der Waals surface area contributed by atoms with Crippen LogP contribution in [0.25, 0.3) is 0 Å². The molecule has 1 atom stereocenters. The number of nitrogens with two attached hydrogens (primary N) is 1. The van der Waals surface area contributed by atoms with Gasteiger partial charge in [0.05, 0.1) is 17.4 Å². The van der Waals surface area contributed by atoms with Gasteiger partial charge in [0.25, 0.3) is 0 Å². The van der Waals surface area contributed by atoms with Crippen LogP contribution in [0.5, 0.6) is 0 Å². The lowest BCUT2D eigenvalue weighted by Gasteiger charge is -2.32. The maximum atomic E-state index is 9.84. The third-order valence-corrected chi connectivity index (χ3v) is 3.97. The quantitative estimate of drug-likeness (QED) is 0.813. The van der Waals surface area contributed by atoms with E-state index in [1.807, 2.05) is 4.90 Å². The molecule has 2 rings (SSSR count).